The van der Waals surface area contributed by atoms with E-state index < -0.39 is 0 Å². The highest BCUT2D eigenvalue weighted by atomic mass is 19.1. The van der Waals surface area contributed by atoms with Crippen molar-refractivity contribution in [1.82, 2.24) is 0 Å². The number of nitrogen functional groups attached to an aromatic ring is 1. The lowest BCUT2D eigenvalue weighted by Crippen LogP contribution is -2.07. The number of nitrogens with two attached hydrogens (primary N) is 1. The Morgan fingerprint density at radius 2 is 1.75 bits per heavy atom. The van der Waals surface area contributed by atoms with Crippen LogP contribution in [0.4, 0.5) is 10.1 Å². The van der Waals surface area contributed by atoms with Crippen molar-refractivity contribution in [3.63, 3.8) is 0 Å². The van der Waals surface area contributed by atoms with Crippen molar-refractivity contribution in [1.29, 1.82) is 0 Å². The molecule has 0 saturated heterocycles. The van der Waals surface area contributed by atoms with Crippen LogP contribution in [0.5, 0.6) is 5.75 Å². The Morgan fingerprint density at radius 3 is 2.30 bits per heavy atom. The van der Waals surface area contributed by atoms with E-state index in [1.54, 1.807) is 32.0 Å². The van der Waals surface area contributed by atoms with E-state index in [4.69, 9.17) is 10.5 Å². The summed E-state index contributed by atoms with van der Waals surface area (Å²) in [5.41, 5.74) is 7.86. The second kappa shape index (κ2) is 5.33. The van der Waals surface area contributed by atoms with E-state index >= 15 is 0 Å². The van der Waals surface area contributed by atoms with Crippen LogP contribution >= 0.6 is 0 Å². The largest absolute Gasteiger partial charge is 0.497 e. The van der Waals surface area contributed by atoms with Gasteiger partial charge >= 0.3 is 0 Å². The molecule has 0 heterocycles. The lowest BCUT2D eigenvalue weighted by molar-refractivity contribution is 0.103. The third-order valence-electron chi connectivity index (χ3n) is 3.20. The third-order valence-corrected chi connectivity index (χ3v) is 3.20. The molecule has 0 aliphatic rings. The molecule has 2 rings (SSSR count). The number of anilines is 1. The number of hydrogen-bond acceptors (Lipinski definition) is 3. The van der Waals surface area contributed by atoms with Crippen molar-refractivity contribution in [2.45, 2.75) is 13.8 Å². The van der Waals surface area contributed by atoms with Crippen LogP contribution in [-0.4, -0.2) is 12.9 Å². The highest BCUT2D eigenvalue weighted by Gasteiger charge is 2.16. The molecule has 2 N–H and O–H groups in total. The molecule has 3 nitrogen and oxygen atoms in total. The predicted molar refractivity (Wildman–Crippen MR) is 76.7 cm³/mol. The number of carbonyl (C=O) groups is 1. The zero-order valence-corrected chi connectivity index (χ0v) is 11.7. The molecule has 104 valence electrons. The smallest absolute Gasteiger partial charge is 0.195 e. The maximum Gasteiger partial charge on any atom is 0.195 e. The highest BCUT2D eigenvalue weighted by molar-refractivity contribution is 6.12. The Bertz CT molecular complexity index is 657. The summed E-state index contributed by atoms with van der Waals surface area (Å²) < 4.78 is 18.7. The standard InChI is InChI=1S/C16H16FNO2/c1-9-6-11(7-10(2)15(9)17)16(19)13-8-12(20-3)4-5-14(13)18/h4-8H,18H2,1-3H3. The van der Waals surface area contributed by atoms with Crippen LogP contribution in [0.25, 0.3) is 0 Å². The van der Waals surface area contributed by atoms with E-state index in [1.165, 1.54) is 19.2 Å². The summed E-state index contributed by atoms with van der Waals surface area (Å²) in [5, 5.41) is 0. The summed E-state index contributed by atoms with van der Waals surface area (Å²) >= 11 is 0. The SMILES string of the molecule is COc1ccc(N)c(C(=O)c2cc(C)c(F)c(C)c2)c1. The third kappa shape index (κ3) is 2.50. The molecule has 0 aromatic heterocycles. The number of ketones is 1. The van der Waals surface area contributed by atoms with Crippen molar-refractivity contribution in [2.24, 2.45) is 0 Å². The number of hydrogen-bond donors (Lipinski definition) is 1. The van der Waals surface area contributed by atoms with E-state index in [2.05, 4.69) is 0 Å². The Kier molecular flexibility index (Phi) is 3.74. The van der Waals surface area contributed by atoms with Gasteiger partial charge in [0.05, 0.1) is 7.11 Å². The molecule has 0 bridgehead atoms. The summed E-state index contributed by atoms with van der Waals surface area (Å²) in [6.07, 6.45) is 0. The number of aryl methyl sites for hydroxylation is 2. The number of ether oxygens (including phenoxy) is 1. The van der Waals surface area contributed by atoms with Gasteiger partial charge in [0.2, 0.25) is 0 Å². The number of benzene rings is 2. The van der Waals surface area contributed by atoms with Crippen LogP contribution in [0.1, 0.15) is 27.0 Å². The van der Waals surface area contributed by atoms with Crippen LogP contribution in [0.2, 0.25) is 0 Å². The van der Waals surface area contributed by atoms with E-state index in [0.717, 1.165) is 0 Å². The van der Waals surface area contributed by atoms with Gasteiger partial charge in [-0.05, 0) is 55.3 Å². The van der Waals surface area contributed by atoms with Crippen LogP contribution in [0, 0.1) is 19.7 Å². The van der Waals surface area contributed by atoms with Crippen molar-refractivity contribution >= 4 is 11.5 Å². The normalized spacial score (nSPS) is 10.4. The molecule has 0 atom stereocenters. The molecule has 2 aromatic carbocycles. The maximum atomic E-state index is 13.6. The zero-order valence-electron chi connectivity index (χ0n) is 11.7. The van der Waals surface area contributed by atoms with Crippen molar-refractivity contribution in [3.8, 4) is 5.75 Å². The van der Waals surface area contributed by atoms with E-state index in [1.807, 2.05) is 0 Å². The van der Waals surface area contributed by atoms with Gasteiger partial charge in [-0.25, -0.2) is 4.39 Å². The number of halogens is 1. The Balaban J connectivity index is 2.51. The molecule has 0 spiro atoms. The lowest BCUT2D eigenvalue weighted by atomic mass is 9.98. The average Bonchev–Trinajstić information content (AvgIpc) is 2.44. The summed E-state index contributed by atoms with van der Waals surface area (Å²) in [5.74, 6) is 0.0193. The second-order valence-corrected chi connectivity index (χ2v) is 4.71. The molecular weight excluding hydrogens is 257 g/mol. The minimum Gasteiger partial charge on any atom is -0.497 e. The first-order chi connectivity index (χ1) is 9.43. The van der Waals surface area contributed by atoms with E-state index in [-0.39, 0.29) is 11.6 Å². The van der Waals surface area contributed by atoms with Gasteiger partial charge in [-0.2, -0.15) is 0 Å². The van der Waals surface area contributed by atoms with E-state index in [0.29, 0.717) is 33.7 Å². The quantitative estimate of drug-likeness (QED) is 0.689. The monoisotopic (exact) mass is 273 g/mol. The minimum absolute atomic E-state index is 0.243. The van der Waals surface area contributed by atoms with Gasteiger partial charge in [0.15, 0.2) is 5.78 Å². The molecule has 0 aliphatic carbocycles. The van der Waals surface area contributed by atoms with Crippen LogP contribution < -0.4 is 10.5 Å². The van der Waals surface area contributed by atoms with Gasteiger partial charge in [0.25, 0.3) is 0 Å². The second-order valence-electron chi connectivity index (χ2n) is 4.71. The molecule has 0 fully saturated rings. The topological polar surface area (TPSA) is 52.3 Å². The van der Waals surface area contributed by atoms with Gasteiger partial charge in [-0.3, -0.25) is 4.79 Å². The van der Waals surface area contributed by atoms with Crippen LogP contribution in [0.15, 0.2) is 30.3 Å². The first-order valence-electron chi connectivity index (χ1n) is 6.19. The summed E-state index contributed by atoms with van der Waals surface area (Å²) in [6, 6.07) is 7.96. The summed E-state index contributed by atoms with van der Waals surface area (Å²) in [6.45, 7) is 3.27. The first kappa shape index (κ1) is 14.1. The van der Waals surface area contributed by atoms with Crippen molar-refractivity contribution < 1.29 is 13.9 Å². The molecule has 0 aliphatic heterocycles. The Labute approximate surface area is 117 Å². The molecule has 2 aromatic rings. The molecule has 20 heavy (non-hydrogen) atoms. The molecule has 0 saturated carbocycles. The fourth-order valence-corrected chi connectivity index (χ4v) is 2.09. The van der Waals surface area contributed by atoms with Crippen molar-refractivity contribution in [2.75, 3.05) is 12.8 Å². The summed E-state index contributed by atoms with van der Waals surface area (Å²) in [7, 11) is 1.52. The fraction of sp³-hybridized carbons (Fsp3) is 0.188. The fourth-order valence-electron chi connectivity index (χ4n) is 2.09. The minimum atomic E-state index is -0.292. The Hall–Kier alpha value is -2.36. The van der Waals surface area contributed by atoms with Crippen LogP contribution in [-0.2, 0) is 0 Å². The van der Waals surface area contributed by atoms with Crippen LogP contribution in [0.3, 0.4) is 0 Å². The van der Waals surface area contributed by atoms with E-state index in [9.17, 15) is 9.18 Å². The van der Waals surface area contributed by atoms with Gasteiger partial charge < -0.3 is 10.5 Å². The van der Waals surface area contributed by atoms with Gasteiger partial charge in [-0.1, -0.05) is 0 Å². The molecule has 0 unspecified atom stereocenters. The number of carbonyl (C=O) groups excluding carboxylic acids is 1. The van der Waals surface area contributed by atoms with Gasteiger partial charge in [0.1, 0.15) is 11.6 Å². The predicted octanol–water partition coefficient (Wildman–Crippen LogP) is 3.26. The number of rotatable bonds is 3. The molecule has 0 amide bonds. The number of methoxy groups -OCH3 is 1. The average molecular weight is 273 g/mol. The molecule has 0 radical (unpaired) electrons. The Morgan fingerprint density at radius 1 is 1.15 bits per heavy atom. The zero-order chi connectivity index (χ0) is 14.9. The van der Waals surface area contributed by atoms with Gasteiger partial charge in [-0.15, -0.1) is 0 Å². The highest BCUT2D eigenvalue weighted by Crippen LogP contribution is 2.24. The van der Waals surface area contributed by atoms with Gasteiger partial charge in [0, 0.05) is 16.8 Å². The summed E-state index contributed by atoms with van der Waals surface area (Å²) in [4.78, 5) is 12.5. The van der Waals surface area contributed by atoms with Crippen molar-refractivity contribution in [3.05, 3.63) is 58.4 Å². The molecular formula is C16H16FNO2. The first-order valence-corrected chi connectivity index (χ1v) is 6.19. The maximum absolute atomic E-state index is 13.6. The molecule has 4 heteroatoms. The lowest BCUT2D eigenvalue weighted by Gasteiger charge is -2.09.